The molecule has 5 atom stereocenters. The van der Waals surface area contributed by atoms with Crippen LogP contribution in [0.4, 0.5) is 0 Å². The summed E-state index contributed by atoms with van der Waals surface area (Å²) < 4.78 is 11.1. The number of benzene rings is 3. The number of esters is 2. The monoisotopic (exact) mass is 496 g/mol. The molecule has 2 aliphatic rings. The van der Waals surface area contributed by atoms with E-state index in [1.165, 1.54) is 0 Å². The fraction of sp³-hybridized carbons (Fsp3) is 0.258. The van der Waals surface area contributed by atoms with Gasteiger partial charge in [0.1, 0.15) is 12.2 Å². The highest BCUT2D eigenvalue weighted by Crippen LogP contribution is 2.42. The summed E-state index contributed by atoms with van der Waals surface area (Å²) in [5, 5.41) is 10.5. The first kappa shape index (κ1) is 24.7. The number of carbonyl (C=O) groups is 3. The van der Waals surface area contributed by atoms with Crippen LogP contribution in [0.1, 0.15) is 28.8 Å². The van der Waals surface area contributed by atoms with E-state index < -0.39 is 47.9 Å². The number of Topliss-reactive ketones (excluding diaryl/α,β-unsaturated/α-hetero) is 1. The second-order valence-electron chi connectivity index (χ2n) is 9.51. The maximum atomic E-state index is 13.0. The number of fused-ring (bicyclic) bond motifs is 1. The zero-order valence-corrected chi connectivity index (χ0v) is 20.2. The third-order valence-corrected chi connectivity index (χ3v) is 7.08. The third kappa shape index (κ3) is 5.54. The van der Waals surface area contributed by atoms with Crippen molar-refractivity contribution in [3.05, 3.63) is 108 Å². The number of ether oxygens (including phenoxy) is 2. The number of rotatable bonds is 8. The van der Waals surface area contributed by atoms with Gasteiger partial charge in [0, 0.05) is 12.3 Å². The van der Waals surface area contributed by atoms with E-state index in [1.54, 1.807) is 24.3 Å². The molecule has 1 N–H and O–H groups in total. The molecule has 188 valence electrons. The summed E-state index contributed by atoms with van der Waals surface area (Å²) in [6, 6.07) is 26.8. The highest BCUT2D eigenvalue weighted by Gasteiger charge is 2.56. The second kappa shape index (κ2) is 10.9. The van der Waals surface area contributed by atoms with Crippen LogP contribution in [-0.4, -0.2) is 41.1 Å². The molecule has 6 heteroatoms. The maximum Gasteiger partial charge on any atom is 0.375 e. The molecule has 5 rings (SSSR count). The smallest absolute Gasteiger partial charge is 0.375 e. The van der Waals surface area contributed by atoms with Crippen LogP contribution in [0.15, 0.2) is 97.1 Å². The summed E-state index contributed by atoms with van der Waals surface area (Å²) in [5.41, 5.74) is 3.54. The molecular formula is C31H28O6. The molecule has 0 spiro atoms. The van der Waals surface area contributed by atoms with Crippen molar-refractivity contribution in [3.8, 4) is 11.1 Å². The minimum Gasteiger partial charge on any atom is -0.458 e. The Labute approximate surface area is 215 Å². The van der Waals surface area contributed by atoms with Crippen molar-refractivity contribution in [2.45, 2.75) is 37.6 Å². The predicted molar refractivity (Wildman–Crippen MR) is 137 cm³/mol. The summed E-state index contributed by atoms with van der Waals surface area (Å²) >= 11 is 0. The summed E-state index contributed by atoms with van der Waals surface area (Å²) in [4.78, 5) is 37.4. The van der Waals surface area contributed by atoms with E-state index in [0.717, 1.165) is 16.7 Å². The minimum absolute atomic E-state index is 0.241. The molecule has 3 aromatic rings. The predicted octanol–water partition coefficient (Wildman–Crippen LogP) is 4.56. The van der Waals surface area contributed by atoms with E-state index >= 15 is 0 Å². The third-order valence-electron chi connectivity index (χ3n) is 7.08. The van der Waals surface area contributed by atoms with Gasteiger partial charge in [0.2, 0.25) is 5.78 Å². The van der Waals surface area contributed by atoms with E-state index in [2.05, 4.69) is 0 Å². The lowest BCUT2D eigenvalue weighted by Gasteiger charge is -2.20. The summed E-state index contributed by atoms with van der Waals surface area (Å²) in [5.74, 6) is -3.24. The number of carbonyl (C=O) groups excluding carboxylic acids is 3. The number of ketones is 1. The quantitative estimate of drug-likeness (QED) is 0.279. The average molecular weight is 497 g/mol. The molecular weight excluding hydrogens is 468 g/mol. The Balaban J connectivity index is 1.27. The SMILES string of the molecule is O=C1OC2CC(OC(=O)c3ccc(-c4ccccc4)cc3)C(C=C[C@@H](O)CCc3ccccc3)C2C1=O. The van der Waals surface area contributed by atoms with Crippen LogP contribution < -0.4 is 0 Å². The molecule has 6 nitrogen and oxygen atoms in total. The van der Waals surface area contributed by atoms with Gasteiger partial charge in [-0.25, -0.2) is 9.59 Å². The maximum absolute atomic E-state index is 13.0. The van der Waals surface area contributed by atoms with Crippen LogP contribution in [-0.2, 0) is 25.5 Å². The zero-order chi connectivity index (χ0) is 25.8. The van der Waals surface area contributed by atoms with Gasteiger partial charge in [-0.1, -0.05) is 84.9 Å². The van der Waals surface area contributed by atoms with Gasteiger partial charge in [-0.05, 0) is 41.7 Å². The molecule has 37 heavy (non-hydrogen) atoms. The van der Waals surface area contributed by atoms with Gasteiger partial charge in [-0.3, -0.25) is 4.79 Å². The molecule has 1 saturated carbocycles. The standard InChI is InChI=1S/C31H28O6/c32-24(16-11-20-7-3-1-4-8-20)17-18-25-26(19-27-28(25)29(33)31(35)37-27)36-30(34)23-14-12-22(13-15-23)21-9-5-2-6-10-21/h1-10,12-15,17-18,24-28,32H,11,16,19H2/t24-,25?,26?,27?,28?/m0/s1. The van der Waals surface area contributed by atoms with Crippen LogP contribution in [0.3, 0.4) is 0 Å². The van der Waals surface area contributed by atoms with Crippen molar-refractivity contribution in [1.82, 2.24) is 0 Å². The molecule has 0 aromatic heterocycles. The minimum atomic E-state index is -0.848. The van der Waals surface area contributed by atoms with E-state index in [1.807, 2.05) is 72.8 Å². The Morgan fingerprint density at radius 1 is 0.946 bits per heavy atom. The molecule has 3 aromatic carbocycles. The number of aliphatic hydroxyl groups excluding tert-OH is 1. The lowest BCUT2D eigenvalue weighted by molar-refractivity contribution is -0.149. The van der Waals surface area contributed by atoms with Gasteiger partial charge in [0.25, 0.3) is 0 Å². The van der Waals surface area contributed by atoms with Crippen molar-refractivity contribution >= 4 is 17.7 Å². The first-order valence-electron chi connectivity index (χ1n) is 12.5. The molecule has 1 saturated heterocycles. The highest BCUT2D eigenvalue weighted by molar-refractivity contribution is 6.36. The van der Waals surface area contributed by atoms with Crippen molar-refractivity contribution < 1.29 is 29.0 Å². The first-order valence-corrected chi connectivity index (χ1v) is 12.5. The molecule has 4 unspecified atom stereocenters. The lowest BCUT2D eigenvalue weighted by atomic mass is 9.90. The van der Waals surface area contributed by atoms with E-state index in [4.69, 9.17) is 9.47 Å². The number of aliphatic hydroxyl groups is 1. The Hall–Kier alpha value is -4.03. The molecule has 0 radical (unpaired) electrons. The van der Waals surface area contributed by atoms with Crippen LogP contribution in [0.5, 0.6) is 0 Å². The van der Waals surface area contributed by atoms with E-state index in [0.29, 0.717) is 18.4 Å². The van der Waals surface area contributed by atoms with Crippen LogP contribution >= 0.6 is 0 Å². The van der Waals surface area contributed by atoms with Crippen LogP contribution in [0.2, 0.25) is 0 Å². The van der Waals surface area contributed by atoms with Gasteiger partial charge < -0.3 is 14.6 Å². The molecule has 1 aliphatic carbocycles. The topological polar surface area (TPSA) is 89.9 Å². The van der Waals surface area contributed by atoms with Crippen LogP contribution in [0, 0.1) is 11.8 Å². The molecule has 2 fully saturated rings. The zero-order valence-electron chi connectivity index (χ0n) is 20.2. The fourth-order valence-electron chi connectivity index (χ4n) is 5.13. The fourth-order valence-corrected chi connectivity index (χ4v) is 5.13. The molecule has 1 aliphatic heterocycles. The van der Waals surface area contributed by atoms with Crippen molar-refractivity contribution in [1.29, 1.82) is 0 Å². The molecule has 1 heterocycles. The number of aryl methyl sites for hydroxylation is 1. The van der Waals surface area contributed by atoms with Crippen molar-refractivity contribution in [3.63, 3.8) is 0 Å². The van der Waals surface area contributed by atoms with Gasteiger partial charge in [0.05, 0.1) is 17.6 Å². The lowest BCUT2D eigenvalue weighted by Crippen LogP contribution is -2.29. The normalized spacial score (nSPS) is 23.6. The van der Waals surface area contributed by atoms with Crippen LogP contribution in [0.25, 0.3) is 11.1 Å². The van der Waals surface area contributed by atoms with Gasteiger partial charge >= 0.3 is 11.9 Å². The summed E-state index contributed by atoms with van der Waals surface area (Å²) in [6.45, 7) is 0. The Morgan fingerprint density at radius 3 is 2.30 bits per heavy atom. The average Bonchev–Trinajstić information content (AvgIpc) is 3.41. The highest BCUT2D eigenvalue weighted by atomic mass is 16.6. The van der Waals surface area contributed by atoms with Crippen molar-refractivity contribution in [2.24, 2.45) is 11.8 Å². The first-order chi connectivity index (χ1) is 18.0. The molecule has 0 amide bonds. The second-order valence-corrected chi connectivity index (χ2v) is 9.51. The number of hydrogen-bond acceptors (Lipinski definition) is 6. The van der Waals surface area contributed by atoms with E-state index in [9.17, 15) is 19.5 Å². The Kier molecular flexibility index (Phi) is 7.28. The van der Waals surface area contributed by atoms with Gasteiger partial charge in [-0.15, -0.1) is 0 Å². The Bertz CT molecular complexity index is 1280. The van der Waals surface area contributed by atoms with Gasteiger partial charge in [0.15, 0.2) is 0 Å². The van der Waals surface area contributed by atoms with Gasteiger partial charge in [-0.2, -0.15) is 0 Å². The summed E-state index contributed by atoms with van der Waals surface area (Å²) in [6.07, 6.45) is 2.75. The number of hydrogen-bond donors (Lipinski definition) is 1. The largest absolute Gasteiger partial charge is 0.458 e. The van der Waals surface area contributed by atoms with Crippen molar-refractivity contribution in [2.75, 3.05) is 0 Å². The molecule has 0 bridgehead atoms. The Morgan fingerprint density at radius 2 is 1.59 bits per heavy atom. The van der Waals surface area contributed by atoms with E-state index in [-0.39, 0.29) is 6.42 Å². The summed E-state index contributed by atoms with van der Waals surface area (Å²) in [7, 11) is 0.